The smallest absolute Gasteiger partial charge is 0.243 e. The molecule has 0 spiro atoms. The molecule has 68 heavy (non-hydrogen) atoms. The number of H-pyrrole nitrogens is 1. The zero-order valence-electron chi connectivity index (χ0n) is 37.4. The van der Waals surface area contributed by atoms with Gasteiger partial charge in [-0.1, -0.05) is 78.9 Å². The lowest BCUT2D eigenvalue weighted by Crippen LogP contribution is -2.68. The molecule has 2 saturated heterocycles. The predicted octanol–water partition coefficient (Wildman–Crippen LogP) is -2.39. The van der Waals surface area contributed by atoms with E-state index in [1.165, 1.54) is 0 Å². The lowest BCUT2D eigenvalue weighted by atomic mass is 9.95. The molecule has 10 atom stereocenters. The van der Waals surface area contributed by atoms with Crippen LogP contribution in [0.25, 0.3) is 10.9 Å². The molecule has 2 aliphatic rings. The normalized spacial score (nSPS) is 25.3. The van der Waals surface area contributed by atoms with E-state index in [9.17, 15) is 53.7 Å². The summed E-state index contributed by atoms with van der Waals surface area (Å²) in [6.45, 7) is 1.22. The van der Waals surface area contributed by atoms with Crippen LogP contribution in [0.3, 0.4) is 0 Å². The first-order valence-electron chi connectivity index (χ1n) is 22.2. The summed E-state index contributed by atoms with van der Waals surface area (Å²) < 4.78 is 5.56. The van der Waals surface area contributed by atoms with Crippen LogP contribution in [0.1, 0.15) is 43.4 Å². The number of carbonyl (C=O) groups excluding carboxylic acids is 8. The Kier molecular flexibility index (Phi) is 17.4. The minimum absolute atomic E-state index is 0.0522. The number of para-hydroxylation sites is 1. The molecule has 6 rings (SSSR count). The summed E-state index contributed by atoms with van der Waals surface area (Å²) in [7, 11) is 0. The number of aliphatic hydroxyl groups excluding tert-OH is 3. The molecule has 0 unspecified atom stereocenters. The van der Waals surface area contributed by atoms with Crippen molar-refractivity contribution in [2.75, 3.05) is 13.2 Å². The Bertz CT molecular complexity index is 2440. The van der Waals surface area contributed by atoms with E-state index in [2.05, 4.69) is 47.5 Å². The van der Waals surface area contributed by atoms with Crippen molar-refractivity contribution in [3.63, 3.8) is 0 Å². The molecule has 2 aliphatic heterocycles. The number of aromatic nitrogens is 1. The van der Waals surface area contributed by atoms with Gasteiger partial charge in [0, 0.05) is 50.3 Å². The molecular formula is C47H57N9O12. The van der Waals surface area contributed by atoms with E-state index in [-0.39, 0.29) is 25.8 Å². The molecule has 21 heteroatoms. The summed E-state index contributed by atoms with van der Waals surface area (Å²) in [5.74, 6) is -6.45. The Morgan fingerprint density at radius 3 is 2.01 bits per heavy atom. The van der Waals surface area contributed by atoms with Gasteiger partial charge in [-0.05, 0) is 29.2 Å². The third kappa shape index (κ3) is 13.7. The molecule has 0 bridgehead atoms. The highest BCUT2D eigenvalue weighted by Gasteiger charge is 2.45. The quantitative estimate of drug-likeness (QED) is 0.0631. The summed E-state index contributed by atoms with van der Waals surface area (Å²) in [4.78, 5) is 112. The van der Waals surface area contributed by atoms with Crippen LogP contribution in [-0.2, 0) is 62.4 Å². The Morgan fingerprint density at radius 1 is 0.721 bits per heavy atom. The van der Waals surface area contributed by atoms with Crippen molar-refractivity contribution in [2.24, 2.45) is 0 Å². The van der Waals surface area contributed by atoms with Crippen LogP contribution in [0.5, 0.6) is 0 Å². The van der Waals surface area contributed by atoms with E-state index in [1.807, 2.05) is 72.8 Å². The molecule has 3 heterocycles. The Labute approximate surface area is 390 Å². The molecule has 12 N–H and O–H groups in total. The number of nitrogens with one attached hydrogen (secondary N) is 9. The SMILES string of the molecule is CC(=O)N[C@@H]1[C@@H](O)[C@H](O)[C@@H](CO)O[C@H]1NC(=O)C[C@H](NC(C)=O)C(=O)N[C@@H]1CC(=O)N[C@@H](Cc2c[nH]c3ccccc23)C(=O)N[C@@H](Cc2ccccc2)C(=O)N[C@H](Cc2ccccc2)CNC1=O. The van der Waals surface area contributed by atoms with E-state index < -0.39 is 127 Å². The van der Waals surface area contributed by atoms with Gasteiger partial charge in [-0.3, -0.25) is 38.4 Å². The second-order valence-electron chi connectivity index (χ2n) is 16.9. The van der Waals surface area contributed by atoms with Crippen LogP contribution in [0.2, 0.25) is 0 Å². The fourth-order valence-electron chi connectivity index (χ4n) is 8.20. The summed E-state index contributed by atoms with van der Waals surface area (Å²) in [5.41, 5.74) is 2.98. The topological polar surface area (TPSA) is 319 Å². The molecule has 3 aromatic carbocycles. The van der Waals surface area contributed by atoms with Gasteiger partial charge in [0.25, 0.3) is 0 Å². The minimum atomic E-state index is -1.70. The maximum Gasteiger partial charge on any atom is 0.243 e. The van der Waals surface area contributed by atoms with E-state index in [4.69, 9.17) is 4.74 Å². The number of fused-ring (bicyclic) bond motifs is 1. The number of ether oxygens (including phenoxy) is 1. The Balaban J connectivity index is 1.28. The van der Waals surface area contributed by atoms with Gasteiger partial charge in [0.05, 0.1) is 25.5 Å². The van der Waals surface area contributed by atoms with E-state index in [0.29, 0.717) is 5.56 Å². The zero-order valence-corrected chi connectivity index (χ0v) is 37.4. The highest BCUT2D eigenvalue weighted by Crippen LogP contribution is 2.22. The van der Waals surface area contributed by atoms with Gasteiger partial charge in [-0.2, -0.15) is 0 Å². The van der Waals surface area contributed by atoms with Gasteiger partial charge in [0.2, 0.25) is 47.3 Å². The molecule has 362 valence electrons. The van der Waals surface area contributed by atoms with Gasteiger partial charge < -0.3 is 67.6 Å². The molecular weight excluding hydrogens is 883 g/mol. The monoisotopic (exact) mass is 939 g/mol. The molecule has 8 amide bonds. The highest BCUT2D eigenvalue weighted by molar-refractivity contribution is 5.98. The first-order chi connectivity index (χ1) is 32.6. The average molecular weight is 940 g/mol. The van der Waals surface area contributed by atoms with Gasteiger partial charge in [0.1, 0.15) is 48.5 Å². The molecule has 2 fully saturated rings. The largest absolute Gasteiger partial charge is 0.394 e. The van der Waals surface area contributed by atoms with Crippen molar-refractivity contribution in [1.82, 2.24) is 47.5 Å². The molecule has 0 aliphatic carbocycles. The number of hydrogen-bond donors (Lipinski definition) is 12. The predicted molar refractivity (Wildman–Crippen MR) is 243 cm³/mol. The molecule has 0 saturated carbocycles. The fraction of sp³-hybridized carbons (Fsp3) is 0.404. The van der Waals surface area contributed by atoms with Gasteiger partial charge in [-0.25, -0.2) is 0 Å². The van der Waals surface area contributed by atoms with Gasteiger partial charge in [-0.15, -0.1) is 0 Å². The third-order valence-corrected chi connectivity index (χ3v) is 11.6. The molecule has 4 aromatic rings. The van der Waals surface area contributed by atoms with E-state index in [1.54, 1.807) is 18.3 Å². The number of carbonyl (C=O) groups is 8. The number of rotatable bonds is 14. The second-order valence-corrected chi connectivity index (χ2v) is 16.9. The summed E-state index contributed by atoms with van der Waals surface area (Å²) in [6, 6.07) is 17.5. The maximum atomic E-state index is 14.4. The van der Waals surface area contributed by atoms with E-state index >= 15 is 0 Å². The molecule has 0 radical (unpaired) electrons. The summed E-state index contributed by atoms with van der Waals surface area (Å²) >= 11 is 0. The van der Waals surface area contributed by atoms with Gasteiger partial charge >= 0.3 is 0 Å². The van der Waals surface area contributed by atoms with Gasteiger partial charge in [0.15, 0.2) is 6.23 Å². The molecule has 21 nitrogen and oxygen atoms in total. The summed E-state index contributed by atoms with van der Waals surface area (Å²) in [5, 5.41) is 52.4. The minimum Gasteiger partial charge on any atom is -0.394 e. The standard InChI is InChI=1S/C47H57N9O12/c1-25(58)50-36(21-39(61)56-47-40(51-26(2)59)42(63)41(62)37(24-57)68-47)46(67)55-35-20-38(60)53-34(19-29-22-48-32-16-10-9-15-31(29)32)45(66)54-33(18-28-13-7-4-8-14-28)44(65)52-30(23-49-43(35)64)17-27-11-5-3-6-12-27/h3-16,22,30,33-37,40-42,47-48,57,62-63H,17-21,23-24H2,1-2H3,(H,49,64)(H,50,58)(H,51,59)(H,52,65)(H,53,60)(H,54,66)(H,55,67)(H,56,61)/t30-,33+,34+,35-,36+,37-,40-,41-,42-,47-/m1/s1. The number of aliphatic hydroxyl groups is 3. The average Bonchev–Trinajstić information content (AvgIpc) is 3.72. The molecule has 1 aromatic heterocycles. The zero-order chi connectivity index (χ0) is 48.9. The van der Waals surface area contributed by atoms with Crippen molar-refractivity contribution >= 4 is 58.2 Å². The number of benzene rings is 3. The van der Waals surface area contributed by atoms with Crippen LogP contribution in [0, 0.1) is 0 Å². The maximum absolute atomic E-state index is 14.4. The van der Waals surface area contributed by atoms with Crippen LogP contribution in [0.4, 0.5) is 0 Å². The van der Waals surface area contributed by atoms with Crippen LogP contribution in [0.15, 0.2) is 91.1 Å². The van der Waals surface area contributed by atoms with Crippen molar-refractivity contribution in [3.8, 4) is 0 Å². The first-order valence-corrected chi connectivity index (χ1v) is 22.2. The number of hydrogen-bond acceptors (Lipinski definition) is 12. The van der Waals surface area contributed by atoms with Crippen molar-refractivity contribution in [2.45, 2.75) is 107 Å². The fourth-order valence-corrected chi connectivity index (χ4v) is 8.20. The highest BCUT2D eigenvalue weighted by atomic mass is 16.5. The van der Waals surface area contributed by atoms with Crippen LogP contribution < -0.4 is 42.5 Å². The van der Waals surface area contributed by atoms with E-state index in [0.717, 1.165) is 35.9 Å². The van der Waals surface area contributed by atoms with Crippen LogP contribution >= 0.6 is 0 Å². The van der Waals surface area contributed by atoms with Crippen molar-refractivity contribution < 1.29 is 58.4 Å². The number of aromatic amines is 1. The van der Waals surface area contributed by atoms with Crippen molar-refractivity contribution in [3.05, 3.63) is 108 Å². The summed E-state index contributed by atoms with van der Waals surface area (Å²) in [6.07, 6.45) is -5.82. The number of amides is 8. The Hall–Kier alpha value is -7.20. The lowest BCUT2D eigenvalue weighted by Gasteiger charge is -2.42. The Morgan fingerprint density at radius 2 is 1.35 bits per heavy atom. The lowest BCUT2D eigenvalue weighted by molar-refractivity contribution is -0.203. The second kappa shape index (κ2) is 23.5. The third-order valence-electron chi connectivity index (χ3n) is 11.6. The van der Waals surface area contributed by atoms with Crippen LogP contribution in [-0.4, -0.2) is 142 Å². The van der Waals surface area contributed by atoms with Crippen molar-refractivity contribution in [1.29, 1.82) is 0 Å². The first kappa shape index (κ1) is 50.2.